The van der Waals surface area contributed by atoms with Crippen molar-refractivity contribution in [2.45, 2.75) is 12.1 Å². The molecule has 4 heteroatoms. The third-order valence-electron chi connectivity index (χ3n) is 7.00. The maximum atomic E-state index is 6.19. The Morgan fingerprint density at radius 2 is 1.13 bits per heavy atom. The van der Waals surface area contributed by atoms with Crippen LogP contribution in [0.3, 0.4) is 0 Å². The van der Waals surface area contributed by atoms with Crippen LogP contribution in [0, 0.1) is 0 Å². The molecule has 0 amide bonds. The molecule has 6 rings (SSSR count). The lowest BCUT2D eigenvalue weighted by atomic mass is 9.77. The molecule has 0 unspecified atom stereocenters. The minimum Gasteiger partial charge on any atom is -0.497 e. The summed E-state index contributed by atoms with van der Waals surface area (Å²) in [6, 6.07) is 43.9. The van der Waals surface area contributed by atoms with E-state index in [4.69, 9.17) is 14.5 Å². The van der Waals surface area contributed by atoms with Crippen molar-refractivity contribution in [1.82, 2.24) is 9.55 Å². The monoisotopic (exact) mass is 496 g/mol. The summed E-state index contributed by atoms with van der Waals surface area (Å²) in [5.41, 5.74) is 3.75. The van der Waals surface area contributed by atoms with Crippen LogP contribution in [0.5, 0.6) is 11.5 Å². The number of rotatable bonds is 8. The fraction of sp³-hybridized carbons (Fsp3) is 0.0882. The maximum Gasteiger partial charge on any atom is 0.132 e. The SMILES string of the molecule is COc1ccc2cc(OCc3cn(C(c4ccccc4)(c4ccccc4)c4ccccc4)cn3)ccc2c1. The Hall–Kier alpha value is -4.83. The number of nitrogens with zero attached hydrogens (tertiary/aromatic N) is 2. The van der Waals surface area contributed by atoms with Crippen molar-refractivity contribution in [3.8, 4) is 11.5 Å². The third-order valence-corrected chi connectivity index (χ3v) is 7.00. The number of ether oxygens (including phenoxy) is 2. The second-order valence-electron chi connectivity index (χ2n) is 9.24. The van der Waals surface area contributed by atoms with Gasteiger partial charge in [0, 0.05) is 6.20 Å². The van der Waals surface area contributed by atoms with E-state index >= 15 is 0 Å². The van der Waals surface area contributed by atoms with E-state index < -0.39 is 5.54 Å². The van der Waals surface area contributed by atoms with Crippen LogP contribution in [0.1, 0.15) is 22.4 Å². The smallest absolute Gasteiger partial charge is 0.132 e. The molecule has 186 valence electrons. The van der Waals surface area contributed by atoms with Crippen molar-refractivity contribution in [3.63, 3.8) is 0 Å². The zero-order valence-corrected chi connectivity index (χ0v) is 21.2. The summed E-state index contributed by atoms with van der Waals surface area (Å²) in [4.78, 5) is 4.78. The first-order chi connectivity index (χ1) is 18.8. The van der Waals surface area contributed by atoms with E-state index in [1.807, 2.05) is 36.7 Å². The van der Waals surface area contributed by atoms with Crippen molar-refractivity contribution in [1.29, 1.82) is 0 Å². The zero-order chi connectivity index (χ0) is 25.8. The molecule has 0 atom stereocenters. The Morgan fingerprint density at radius 3 is 1.66 bits per heavy atom. The fourth-order valence-electron chi connectivity index (χ4n) is 5.18. The van der Waals surface area contributed by atoms with E-state index in [1.54, 1.807) is 7.11 Å². The zero-order valence-electron chi connectivity index (χ0n) is 21.2. The normalized spacial score (nSPS) is 11.4. The minimum atomic E-state index is -0.586. The highest BCUT2D eigenvalue weighted by Crippen LogP contribution is 2.40. The molecule has 0 N–H and O–H groups in total. The van der Waals surface area contributed by atoms with Crippen molar-refractivity contribution in [3.05, 3.63) is 162 Å². The Bertz CT molecular complexity index is 1550. The summed E-state index contributed by atoms with van der Waals surface area (Å²) in [5, 5.41) is 2.21. The fourth-order valence-corrected chi connectivity index (χ4v) is 5.18. The van der Waals surface area contributed by atoms with Crippen LogP contribution in [0.15, 0.2) is 140 Å². The van der Waals surface area contributed by atoms with Gasteiger partial charge in [-0.25, -0.2) is 4.98 Å². The number of hydrogen-bond acceptors (Lipinski definition) is 3. The summed E-state index contributed by atoms with van der Waals surface area (Å²) in [7, 11) is 1.68. The molecule has 0 aliphatic rings. The molecule has 0 bridgehead atoms. The van der Waals surface area contributed by atoms with Gasteiger partial charge in [0.15, 0.2) is 0 Å². The summed E-state index contributed by atoms with van der Waals surface area (Å²) in [5.74, 6) is 1.65. The van der Waals surface area contributed by atoms with Crippen molar-refractivity contribution >= 4 is 10.8 Å². The maximum absolute atomic E-state index is 6.19. The first-order valence-electron chi connectivity index (χ1n) is 12.7. The summed E-state index contributed by atoms with van der Waals surface area (Å²) in [6.07, 6.45) is 4.01. The third kappa shape index (κ3) is 4.31. The molecule has 1 heterocycles. The minimum absolute atomic E-state index is 0.364. The predicted molar refractivity (Wildman–Crippen MR) is 152 cm³/mol. The lowest BCUT2D eigenvalue weighted by molar-refractivity contribution is 0.302. The quantitative estimate of drug-likeness (QED) is 0.205. The number of aromatic nitrogens is 2. The molecule has 0 fully saturated rings. The van der Waals surface area contributed by atoms with Crippen molar-refractivity contribution < 1.29 is 9.47 Å². The van der Waals surface area contributed by atoms with Crippen LogP contribution in [-0.2, 0) is 12.1 Å². The van der Waals surface area contributed by atoms with Gasteiger partial charge in [0.2, 0.25) is 0 Å². The molecule has 1 aromatic heterocycles. The van der Waals surface area contributed by atoms with E-state index in [0.29, 0.717) is 6.61 Å². The van der Waals surface area contributed by atoms with E-state index in [0.717, 1.165) is 44.7 Å². The van der Waals surface area contributed by atoms with E-state index in [2.05, 4.69) is 108 Å². The summed E-state index contributed by atoms with van der Waals surface area (Å²) >= 11 is 0. The molecule has 0 saturated carbocycles. The van der Waals surface area contributed by atoms with E-state index in [-0.39, 0.29) is 0 Å². The van der Waals surface area contributed by atoms with Crippen molar-refractivity contribution in [2.24, 2.45) is 0 Å². The van der Waals surface area contributed by atoms with Gasteiger partial charge in [0.1, 0.15) is 23.6 Å². The molecule has 0 aliphatic carbocycles. The highest BCUT2D eigenvalue weighted by Gasteiger charge is 2.38. The molecule has 0 spiro atoms. The molecule has 0 aliphatic heterocycles. The lowest BCUT2D eigenvalue weighted by Crippen LogP contribution is -2.36. The van der Waals surface area contributed by atoms with Gasteiger partial charge >= 0.3 is 0 Å². The van der Waals surface area contributed by atoms with E-state index in [1.165, 1.54) is 0 Å². The van der Waals surface area contributed by atoms with Gasteiger partial charge in [-0.1, -0.05) is 103 Å². The standard InChI is InChI=1S/C34H28N2O2/c1-37-32-19-17-27-22-33(20-18-26(27)21-32)38-24-31-23-36(25-35-31)34(28-11-5-2-6-12-28,29-13-7-3-8-14-29)30-15-9-4-10-16-30/h2-23,25H,24H2,1H3. The number of benzene rings is 5. The molecule has 0 saturated heterocycles. The molecule has 6 aromatic rings. The summed E-state index contributed by atoms with van der Waals surface area (Å²) < 4.78 is 13.7. The van der Waals surface area contributed by atoms with Crippen LogP contribution in [0.2, 0.25) is 0 Å². The van der Waals surface area contributed by atoms with Gasteiger partial charge in [-0.2, -0.15) is 0 Å². The van der Waals surface area contributed by atoms with Crippen LogP contribution < -0.4 is 9.47 Å². The number of methoxy groups -OCH3 is 1. The van der Waals surface area contributed by atoms with Crippen LogP contribution in [0.25, 0.3) is 10.8 Å². The summed E-state index contributed by atoms with van der Waals surface area (Å²) in [6.45, 7) is 0.364. The van der Waals surface area contributed by atoms with Crippen LogP contribution in [-0.4, -0.2) is 16.7 Å². The molecule has 4 nitrogen and oxygen atoms in total. The Kier molecular flexibility index (Phi) is 6.37. The number of imidazole rings is 1. The lowest BCUT2D eigenvalue weighted by Gasteiger charge is -2.37. The Labute approximate surface area is 222 Å². The van der Waals surface area contributed by atoms with Gasteiger partial charge < -0.3 is 14.0 Å². The van der Waals surface area contributed by atoms with E-state index in [9.17, 15) is 0 Å². The van der Waals surface area contributed by atoms with Gasteiger partial charge in [-0.15, -0.1) is 0 Å². The molecular formula is C34H28N2O2. The highest BCUT2D eigenvalue weighted by molar-refractivity contribution is 5.85. The van der Waals surface area contributed by atoms with Crippen LogP contribution >= 0.6 is 0 Å². The average Bonchev–Trinajstić information content (AvgIpc) is 3.47. The van der Waals surface area contributed by atoms with Crippen LogP contribution in [0.4, 0.5) is 0 Å². The van der Waals surface area contributed by atoms with Gasteiger partial charge in [0.05, 0.1) is 19.1 Å². The second kappa shape index (κ2) is 10.3. The Morgan fingerprint density at radius 1 is 0.632 bits per heavy atom. The molecular weight excluding hydrogens is 468 g/mol. The largest absolute Gasteiger partial charge is 0.497 e. The molecule has 0 radical (unpaired) electrons. The van der Waals surface area contributed by atoms with Gasteiger partial charge in [-0.05, 0) is 51.7 Å². The van der Waals surface area contributed by atoms with Gasteiger partial charge in [-0.3, -0.25) is 0 Å². The first kappa shape index (κ1) is 23.6. The number of fused-ring (bicyclic) bond motifs is 1. The molecule has 5 aromatic carbocycles. The average molecular weight is 497 g/mol. The molecule has 38 heavy (non-hydrogen) atoms. The number of hydrogen-bond donors (Lipinski definition) is 0. The predicted octanol–water partition coefficient (Wildman–Crippen LogP) is 7.46. The topological polar surface area (TPSA) is 36.3 Å². The Balaban J connectivity index is 1.38. The second-order valence-corrected chi connectivity index (χ2v) is 9.24. The first-order valence-corrected chi connectivity index (χ1v) is 12.7. The van der Waals surface area contributed by atoms with Gasteiger partial charge in [0.25, 0.3) is 0 Å². The highest BCUT2D eigenvalue weighted by atomic mass is 16.5. The van der Waals surface area contributed by atoms with Crippen molar-refractivity contribution in [2.75, 3.05) is 7.11 Å².